The number of ether oxygens (including phenoxy) is 1. The fraction of sp³-hybridized carbons (Fsp3) is 0.593. The second kappa shape index (κ2) is 38.0. The third-order valence-corrected chi connectivity index (χ3v) is 15.0. The number of benzene rings is 4. The van der Waals surface area contributed by atoms with Crippen molar-refractivity contribution in [2.75, 3.05) is 170 Å². The molecule has 0 fully saturated rings. The molecule has 80 heavy (non-hydrogen) atoms. The summed E-state index contributed by atoms with van der Waals surface area (Å²) < 4.78 is 99.3. The van der Waals surface area contributed by atoms with Gasteiger partial charge in [0.15, 0.2) is 0 Å². The SMILES string of the molecule is CCCN(C)CCC[N+](C)(C)C.CC[N+](C)(CCO)CN(C)C.C[N+](C)(C)CCO.Cc1ccc(S(=O)(=O)NCC(C)COc2ccc(CC[N+](C)(C)C)cc2)cc1.Cc1ccc(S(=O)(=O)[O-])cc1.Cc1ccc(S(=O)(=O)[O-])cc1. The van der Waals surface area contributed by atoms with E-state index in [2.05, 4.69) is 132 Å². The predicted molar refractivity (Wildman–Crippen MR) is 325 cm³/mol. The van der Waals surface area contributed by atoms with Crippen LogP contribution in [0.2, 0.25) is 0 Å². The van der Waals surface area contributed by atoms with Crippen LogP contribution >= 0.6 is 0 Å². The molecule has 0 bridgehead atoms. The molecule has 4 aromatic carbocycles. The Morgan fingerprint density at radius 3 is 1.29 bits per heavy atom. The summed E-state index contributed by atoms with van der Waals surface area (Å²) in [5.74, 6) is 0.861. The first-order chi connectivity index (χ1) is 36.6. The third-order valence-electron chi connectivity index (χ3n) is 11.9. The minimum absolute atomic E-state index is 0.0538. The molecule has 0 saturated heterocycles. The molecule has 0 amide bonds. The molecule has 3 N–H and O–H groups in total. The van der Waals surface area contributed by atoms with Gasteiger partial charge in [0.05, 0.1) is 125 Å². The number of hydrogen-bond donors (Lipinski definition) is 3. The Morgan fingerprint density at radius 1 is 0.562 bits per heavy atom. The Kier molecular flexibility index (Phi) is 37.2. The van der Waals surface area contributed by atoms with E-state index >= 15 is 0 Å². The maximum atomic E-state index is 12.3. The molecule has 460 valence electrons. The lowest BCUT2D eigenvalue weighted by Crippen LogP contribution is -2.51. The summed E-state index contributed by atoms with van der Waals surface area (Å²) in [6, 6.07) is 26.6. The topological polar surface area (TPSA) is 217 Å². The number of rotatable bonds is 25. The van der Waals surface area contributed by atoms with E-state index in [1.54, 1.807) is 48.5 Å². The van der Waals surface area contributed by atoms with Gasteiger partial charge in [-0.15, -0.1) is 0 Å². The molecule has 0 spiro atoms. The quantitative estimate of drug-likeness (QED) is 0.0389. The Labute approximate surface area is 486 Å². The number of nitrogens with one attached hydrogen (secondary N) is 1. The monoisotopic (exact) mass is 1190 g/mol. The smallest absolute Gasteiger partial charge is 0.240 e. The maximum absolute atomic E-state index is 12.3. The van der Waals surface area contributed by atoms with Crippen molar-refractivity contribution in [2.45, 2.75) is 75.5 Å². The van der Waals surface area contributed by atoms with E-state index in [4.69, 9.17) is 14.9 Å². The van der Waals surface area contributed by atoms with Gasteiger partial charge >= 0.3 is 0 Å². The second-order valence-electron chi connectivity index (χ2n) is 24.0. The third kappa shape index (κ3) is 42.0. The lowest BCUT2D eigenvalue weighted by Gasteiger charge is -2.34. The fourth-order valence-electron chi connectivity index (χ4n) is 6.84. The first kappa shape index (κ1) is 78.2. The summed E-state index contributed by atoms with van der Waals surface area (Å²) in [5, 5.41) is 17.2. The highest BCUT2D eigenvalue weighted by Crippen LogP contribution is 2.16. The van der Waals surface area contributed by atoms with Crippen LogP contribution in [0.15, 0.2) is 112 Å². The zero-order valence-electron chi connectivity index (χ0n) is 52.4. The van der Waals surface area contributed by atoms with E-state index < -0.39 is 30.3 Å². The van der Waals surface area contributed by atoms with Crippen LogP contribution in [0, 0.1) is 26.7 Å². The van der Waals surface area contributed by atoms with Crippen molar-refractivity contribution in [1.82, 2.24) is 14.5 Å². The molecular formula is C59H107N7O11S3+2. The van der Waals surface area contributed by atoms with Crippen LogP contribution < -0.4 is 9.46 Å². The summed E-state index contributed by atoms with van der Waals surface area (Å²) >= 11 is 0. The van der Waals surface area contributed by atoms with Crippen molar-refractivity contribution >= 4 is 30.3 Å². The minimum Gasteiger partial charge on any atom is -0.744 e. The standard InChI is InChI=1S/C22H33N2O3S.C10H25N2.C8H21N2O.2C7H8O3S.C5H14NO/c1-18-6-12-22(13-7-18)28(25,26)23-16-19(2)17-27-21-10-8-20(9-11-21)14-15-24(3,4)5;1-6-8-11(2)9-7-10-12(3,4)5;1-5-10(4,6-7-11)8-9(2)3;2*1-6-2-4-7(5-3-6)11(8,9)10;1-6(2,3)4-5-7/h6-13,19,23H,14-17H2,1-5H3;6-10H2,1-5H3;11H,5-8H2,1-4H3;2*2-5H,1H3,(H,8,9,10);7H,4-5H2,1-3H3/q3*+1;;;+1/p-2. The zero-order chi connectivity index (χ0) is 62.2. The summed E-state index contributed by atoms with van der Waals surface area (Å²) in [6.45, 7) is 21.8. The summed E-state index contributed by atoms with van der Waals surface area (Å²) in [4.78, 5) is 4.50. The van der Waals surface area contributed by atoms with Gasteiger partial charge in [-0.3, -0.25) is 4.90 Å². The van der Waals surface area contributed by atoms with Crippen molar-refractivity contribution in [3.63, 3.8) is 0 Å². The van der Waals surface area contributed by atoms with Gasteiger partial charge in [-0.1, -0.05) is 79.1 Å². The van der Waals surface area contributed by atoms with Gasteiger partial charge in [0.2, 0.25) is 10.0 Å². The highest BCUT2D eigenvalue weighted by Gasteiger charge is 2.19. The number of aryl methyl sites for hydroxylation is 3. The van der Waals surface area contributed by atoms with Crippen molar-refractivity contribution in [3.05, 3.63) is 119 Å². The fourth-order valence-corrected chi connectivity index (χ4v) is 8.94. The normalized spacial score (nSPS) is 13.1. The Bertz CT molecular complexity index is 2510. The minimum atomic E-state index is -4.27. The molecule has 2 atom stereocenters. The highest BCUT2D eigenvalue weighted by molar-refractivity contribution is 7.89. The molecule has 0 aliphatic carbocycles. The molecular weight excluding hydrogens is 1080 g/mol. The van der Waals surface area contributed by atoms with E-state index in [9.17, 15) is 34.4 Å². The lowest BCUT2D eigenvalue weighted by molar-refractivity contribution is -0.917. The van der Waals surface area contributed by atoms with Crippen molar-refractivity contribution < 1.29 is 67.2 Å². The van der Waals surface area contributed by atoms with E-state index in [0.717, 1.165) is 79.6 Å². The molecule has 4 rings (SSSR count). The molecule has 0 heterocycles. The first-order valence-corrected chi connectivity index (χ1v) is 31.5. The number of quaternary nitrogens is 4. The molecule has 0 saturated carbocycles. The van der Waals surface area contributed by atoms with Crippen molar-refractivity contribution in [2.24, 2.45) is 5.92 Å². The molecule has 0 radical (unpaired) electrons. The molecule has 0 aliphatic rings. The van der Waals surface area contributed by atoms with Gasteiger partial charge in [0.1, 0.15) is 45.7 Å². The van der Waals surface area contributed by atoms with Crippen LogP contribution in [0.1, 0.15) is 55.9 Å². The molecule has 4 aromatic rings. The van der Waals surface area contributed by atoms with Crippen LogP contribution in [-0.2, 0) is 36.7 Å². The van der Waals surface area contributed by atoms with Crippen LogP contribution in [0.3, 0.4) is 0 Å². The molecule has 0 aromatic heterocycles. The van der Waals surface area contributed by atoms with E-state index in [1.807, 2.05) is 39.8 Å². The molecule has 18 nitrogen and oxygen atoms in total. The Morgan fingerprint density at radius 2 is 0.963 bits per heavy atom. The molecule has 21 heteroatoms. The lowest BCUT2D eigenvalue weighted by atomic mass is 10.1. The van der Waals surface area contributed by atoms with Gasteiger partial charge in [0.25, 0.3) is 0 Å². The summed E-state index contributed by atoms with van der Waals surface area (Å²) in [5.41, 5.74) is 4.18. The summed E-state index contributed by atoms with van der Waals surface area (Å²) in [7, 11) is 15.9. The van der Waals surface area contributed by atoms with Crippen LogP contribution in [0.25, 0.3) is 0 Å². The van der Waals surface area contributed by atoms with Gasteiger partial charge in [-0.25, -0.2) is 30.0 Å². The van der Waals surface area contributed by atoms with Crippen LogP contribution in [0.4, 0.5) is 0 Å². The van der Waals surface area contributed by atoms with Crippen LogP contribution in [0.5, 0.6) is 5.75 Å². The number of nitrogens with zero attached hydrogens (tertiary/aromatic N) is 6. The molecule has 0 aliphatic heterocycles. The number of sulfonamides is 1. The average molecular weight is 1190 g/mol. The number of aliphatic hydroxyl groups excluding tert-OH is 2. The number of aliphatic hydroxyl groups is 2. The van der Waals surface area contributed by atoms with E-state index in [0.29, 0.717) is 13.2 Å². The van der Waals surface area contributed by atoms with Gasteiger partial charge < -0.3 is 46.9 Å². The van der Waals surface area contributed by atoms with Gasteiger partial charge in [-0.05, 0) is 116 Å². The van der Waals surface area contributed by atoms with Crippen LogP contribution in [-0.4, -0.2) is 243 Å². The highest BCUT2D eigenvalue weighted by atomic mass is 32.2. The first-order valence-electron chi connectivity index (χ1n) is 27.2. The summed E-state index contributed by atoms with van der Waals surface area (Å²) in [6.07, 6.45) is 3.60. The second-order valence-corrected chi connectivity index (χ2v) is 28.6. The maximum Gasteiger partial charge on any atom is 0.240 e. The van der Waals surface area contributed by atoms with Crippen molar-refractivity contribution in [1.29, 1.82) is 0 Å². The average Bonchev–Trinajstić information content (AvgIpc) is 3.32. The predicted octanol–water partition coefficient (Wildman–Crippen LogP) is 6.11. The van der Waals surface area contributed by atoms with E-state index in [1.165, 1.54) is 62.3 Å². The van der Waals surface area contributed by atoms with E-state index in [-0.39, 0.29) is 33.8 Å². The zero-order valence-corrected chi connectivity index (χ0v) is 54.8. The largest absolute Gasteiger partial charge is 0.744 e. The number of hydrogen-bond acceptors (Lipinski definition) is 13. The number of likely N-dealkylation sites (N-methyl/N-ethyl adjacent to an activating group) is 3. The van der Waals surface area contributed by atoms with Crippen molar-refractivity contribution in [3.8, 4) is 5.75 Å². The van der Waals surface area contributed by atoms with Gasteiger partial charge in [-0.2, -0.15) is 0 Å². The van der Waals surface area contributed by atoms with Gasteiger partial charge in [0, 0.05) is 31.8 Å². The Balaban J connectivity index is 0. The molecule has 2 unspecified atom stereocenters. The Hall–Kier alpha value is -3.91.